The maximum atomic E-state index is 11.6. The number of carbonyl (C=O) groups excluding carboxylic acids is 1. The Morgan fingerprint density at radius 2 is 2.46 bits per heavy atom. The highest BCUT2D eigenvalue weighted by Crippen LogP contribution is 2.07. The van der Waals surface area contributed by atoms with E-state index in [9.17, 15) is 4.79 Å². The van der Waals surface area contributed by atoms with Crippen molar-refractivity contribution in [3.63, 3.8) is 0 Å². The van der Waals surface area contributed by atoms with Crippen LogP contribution in [0, 0.1) is 0 Å². The standard InChI is InChI=1S/C9H10N2O2/c12-9(8-4-5-10-13-8)11-6-2-1-3-7-11/h1-2,4-5H,3,6-7H2. The minimum absolute atomic E-state index is 0.0816. The number of nitrogens with zero attached hydrogens (tertiary/aromatic N) is 2. The van der Waals surface area contributed by atoms with Gasteiger partial charge in [-0.3, -0.25) is 4.79 Å². The Bertz CT molecular complexity index is 316. The van der Waals surface area contributed by atoms with Gasteiger partial charge in [-0.25, -0.2) is 0 Å². The van der Waals surface area contributed by atoms with Crippen molar-refractivity contribution in [3.05, 3.63) is 30.2 Å². The Labute approximate surface area is 75.8 Å². The Kier molecular flexibility index (Phi) is 2.12. The molecule has 4 nitrogen and oxygen atoms in total. The smallest absolute Gasteiger partial charge is 0.292 e. The molecule has 0 bridgehead atoms. The molecule has 2 heterocycles. The zero-order valence-electron chi connectivity index (χ0n) is 7.14. The molecule has 1 amide bonds. The summed E-state index contributed by atoms with van der Waals surface area (Å²) in [6.45, 7) is 1.43. The van der Waals surface area contributed by atoms with Crippen LogP contribution in [0.4, 0.5) is 0 Å². The van der Waals surface area contributed by atoms with Crippen molar-refractivity contribution in [3.8, 4) is 0 Å². The summed E-state index contributed by atoms with van der Waals surface area (Å²) in [4.78, 5) is 13.4. The largest absolute Gasteiger partial charge is 0.351 e. The topological polar surface area (TPSA) is 46.3 Å². The summed E-state index contributed by atoms with van der Waals surface area (Å²) >= 11 is 0. The Balaban J connectivity index is 2.09. The second kappa shape index (κ2) is 3.43. The highest BCUT2D eigenvalue weighted by atomic mass is 16.5. The first-order chi connectivity index (χ1) is 6.38. The third-order valence-corrected chi connectivity index (χ3v) is 1.99. The van der Waals surface area contributed by atoms with Crippen molar-refractivity contribution in [2.24, 2.45) is 0 Å². The third kappa shape index (κ3) is 1.61. The minimum Gasteiger partial charge on any atom is -0.351 e. The van der Waals surface area contributed by atoms with Gasteiger partial charge in [-0.15, -0.1) is 0 Å². The molecule has 0 saturated heterocycles. The molecule has 4 heteroatoms. The first-order valence-corrected chi connectivity index (χ1v) is 4.23. The minimum atomic E-state index is -0.0816. The molecular weight excluding hydrogens is 168 g/mol. The molecule has 0 spiro atoms. The van der Waals surface area contributed by atoms with Crippen LogP contribution in [0.2, 0.25) is 0 Å². The Morgan fingerprint density at radius 1 is 1.54 bits per heavy atom. The molecule has 0 N–H and O–H groups in total. The number of carbonyl (C=O) groups is 1. The summed E-state index contributed by atoms with van der Waals surface area (Å²) in [5.74, 6) is 0.233. The van der Waals surface area contributed by atoms with E-state index in [2.05, 4.69) is 11.2 Å². The van der Waals surface area contributed by atoms with Gasteiger partial charge in [0.15, 0.2) is 0 Å². The summed E-state index contributed by atoms with van der Waals surface area (Å²) in [6.07, 6.45) is 6.45. The van der Waals surface area contributed by atoms with Crippen LogP contribution in [0.1, 0.15) is 17.0 Å². The van der Waals surface area contributed by atoms with Crippen molar-refractivity contribution in [2.45, 2.75) is 6.42 Å². The molecule has 13 heavy (non-hydrogen) atoms. The average molecular weight is 178 g/mol. The van der Waals surface area contributed by atoms with Crippen molar-refractivity contribution < 1.29 is 9.32 Å². The van der Waals surface area contributed by atoms with Crippen LogP contribution in [0.3, 0.4) is 0 Å². The molecular formula is C9H10N2O2. The summed E-state index contributed by atoms with van der Waals surface area (Å²) in [7, 11) is 0. The van der Waals surface area contributed by atoms with E-state index in [1.54, 1.807) is 11.0 Å². The lowest BCUT2D eigenvalue weighted by atomic mass is 10.2. The van der Waals surface area contributed by atoms with Crippen molar-refractivity contribution in [1.29, 1.82) is 0 Å². The summed E-state index contributed by atoms with van der Waals surface area (Å²) in [5, 5.41) is 3.50. The van der Waals surface area contributed by atoms with E-state index in [-0.39, 0.29) is 5.91 Å². The van der Waals surface area contributed by atoms with Gasteiger partial charge < -0.3 is 9.42 Å². The molecule has 68 valence electrons. The number of rotatable bonds is 1. The van der Waals surface area contributed by atoms with Crippen LogP contribution in [0.25, 0.3) is 0 Å². The fourth-order valence-corrected chi connectivity index (χ4v) is 1.31. The van der Waals surface area contributed by atoms with E-state index in [1.165, 1.54) is 6.20 Å². The first kappa shape index (κ1) is 8.04. The van der Waals surface area contributed by atoms with E-state index in [4.69, 9.17) is 4.52 Å². The van der Waals surface area contributed by atoms with Gasteiger partial charge in [0.2, 0.25) is 5.76 Å². The first-order valence-electron chi connectivity index (χ1n) is 4.23. The van der Waals surface area contributed by atoms with Crippen LogP contribution < -0.4 is 0 Å². The second-order valence-corrected chi connectivity index (χ2v) is 2.89. The van der Waals surface area contributed by atoms with E-state index < -0.39 is 0 Å². The van der Waals surface area contributed by atoms with Crippen molar-refractivity contribution >= 4 is 5.91 Å². The van der Waals surface area contributed by atoms with Crippen LogP contribution in [-0.2, 0) is 0 Å². The normalized spacial score (nSPS) is 16.2. The highest BCUT2D eigenvalue weighted by molar-refractivity contribution is 5.91. The molecule has 0 aromatic carbocycles. The van der Waals surface area contributed by atoms with Gasteiger partial charge in [-0.1, -0.05) is 17.3 Å². The number of hydrogen-bond donors (Lipinski definition) is 0. The van der Waals surface area contributed by atoms with Crippen LogP contribution in [-0.4, -0.2) is 29.1 Å². The van der Waals surface area contributed by atoms with Gasteiger partial charge in [0.05, 0.1) is 6.20 Å². The SMILES string of the molecule is O=C(c1ccno1)N1CC=CCC1. The molecule has 0 unspecified atom stereocenters. The molecule has 1 aromatic rings. The van der Waals surface area contributed by atoms with Gasteiger partial charge in [0, 0.05) is 19.2 Å². The predicted molar refractivity (Wildman–Crippen MR) is 46.2 cm³/mol. The lowest BCUT2D eigenvalue weighted by Gasteiger charge is -2.21. The third-order valence-electron chi connectivity index (χ3n) is 1.99. The van der Waals surface area contributed by atoms with E-state index in [0.29, 0.717) is 12.3 Å². The van der Waals surface area contributed by atoms with E-state index in [1.807, 2.05) is 6.08 Å². The molecule has 1 aromatic heterocycles. The number of aromatic nitrogens is 1. The fourth-order valence-electron chi connectivity index (χ4n) is 1.31. The lowest BCUT2D eigenvalue weighted by Crippen LogP contribution is -2.33. The van der Waals surface area contributed by atoms with Crippen LogP contribution in [0.15, 0.2) is 28.9 Å². The lowest BCUT2D eigenvalue weighted by molar-refractivity contribution is 0.0729. The summed E-state index contributed by atoms with van der Waals surface area (Å²) in [5.41, 5.74) is 0. The molecule has 0 fully saturated rings. The molecule has 1 aliphatic heterocycles. The van der Waals surface area contributed by atoms with Gasteiger partial charge in [0.1, 0.15) is 0 Å². The zero-order valence-corrected chi connectivity index (χ0v) is 7.14. The molecule has 1 aliphatic rings. The van der Waals surface area contributed by atoms with Crippen molar-refractivity contribution in [1.82, 2.24) is 10.1 Å². The molecule has 2 rings (SSSR count). The maximum Gasteiger partial charge on any atom is 0.292 e. The fraction of sp³-hybridized carbons (Fsp3) is 0.333. The van der Waals surface area contributed by atoms with Crippen LogP contribution >= 0.6 is 0 Å². The quantitative estimate of drug-likeness (QED) is 0.604. The van der Waals surface area contributed by atoms with Crippen molar-refractivity contribution in [2.75, 3.05) is 13.1 Å². The number of hydrogen-bond acceptors (Lipinski definition) is 3. The molecule has 0 aliphatic carbocycles. The Hall–Kier alpha value is -1.58. The van der Waals surface area contributed by atoms with E-state index >= 15 is 0 Å². The average Bonchev–Trinajstić information content (AvgIpc) is 2.71. The predicted octanol–water partition coefficient (Wildman–Crippen LogP) is 1.08. The highest BCUT2D eigenvalue weighted by Gasteiger charge is 2.18. The van der Waals surface area contributed by atoms with Crippen LogP contribution in [0.5, 0.6) is 0 Å². The molecule has 0 saturated carbocycles. The van der Waals surface area contributed by atoms with Gasteiger partial charge in [0.25, 0.3) is 5.91 Å². The maximum absolute atomic E-state index is 11.6. The monoisotopic (exact) mass is 178 g/mol. The number of amides is 1. The molecule has 0 radical (unpaired) electrons. The van der Waals surface area contributed by atoms with Gasteiger partial charge in [-0.05, 0) is 6.42 Å². The summed E-state index contributed by atoms with van der Waals surface area (Å²) < 4.78 is 4.78. The summed E-state index contributed by atoms with van der Waals surface area (Å²) in [6, 6.07) is 1.58. The molecule has 0 atom stereocenters. The second-order valence-electron chi connectivity index (χ2n) is 2.89. The van der Waals surface area contributed by atoms with Gasteiger partial charge in [-0.2, -0.15) is 0 Å². The van der Waals surface area contributed by atoms with E-state index in [0.717, 1.165) is 13.0 Å². The van der Waals surface area contributed by atoms with Gasteiger partial charge >= 0.3 is 0 Å². The zero-order chi connectivity index (χ0) is 9.10. The Morgan fingerprint density at radius 3 is 3.08 bits per heavy atom.